The zero-order valence-electron chi connectivity index (χ0n) is 15.7. The molecule has 0 radical (unpaired) electrons. The predicted octanol–water partition coefficient (Wildman–Crippen LogP) is 3.62. The summed E-state index contributed by atoms with van der Waals surface area (Å²) in [4.78, 5) is 4.22. The van der Waals surface area contributed by atoms with Gasteiger partial charge in [0.05, 0.1) is 5.39 Å². The van der Waals surface area contributed by atoms with Crippen molar-refractivity contribution in [2.24, 2.45) is 0 Å². The van der Waals surface area contributed by atoms with Gasteiger partial charge in [-0.2, -0.15) is 5.10 Å². The Bertz CT molecular complexity index is 1120. The maximum Gasteiger partial charge on any atom is 0.202 e. The molecule has 1 atom stereocenters. The first-order valence-corrected chi connectivity index (χ1v) is 8.98. The molecule has 1 unspecified atom stereocenters. The Morgan fingerprint density at radius 2 is 1.68 bits per heavy atom. The number of hydrogen-bond donors (Lipinski definition) is 5. The van der Waals surface area contributed by atoms with E-state index in [1.54, 1.807) is 6.20 Å². The number of H-pyrrole nitrogens is 1. The lowest BCUT2D eigenvalue weighted by Crippen LogP contribution is -2.27. The zero-order valence-corrected chi connectivity index (χ0v) is 15.7. The molecule has 0 fully saturated rings. The molecule has 7 nitrogen and oxygen atoms in total. The number of benzene rings is 2. The molecule has 0 bridgehead atoms. The third-order valence-corrected chi connectivity index (χ3v) is 4.79. The van der Waals surface area contributed by atoms with Crippen LogP contribution in [0.5, 0.6) is 0 Å². The summed E-state index contributed by atoms with van der Waals surface area (Å²) in [6, 6.07) is 15.6. The summed E-state index contributed by atoms with van der Waals surface area (Å²) in [6.07, 6.45) is 0.798. The van der Waals surface area contributed by atoms with E-state index in [1.165, 1.54) is 11.1 Å². The van der Waals surface area contributed by atoms with Crippen LogP contribution in [0.3, 0.4) is 0 Å². The van der Waals surface area contributed by atoms with E-state index in [0.29, 0.717) is 11.5 Å². The summed E-state index contributed by atoms with van der Waals surface area (Å²) in [6.45, 7) is 4.10. The number of aliphatic hydroxyl groups is 1. The van der Waals surface area contributed by atoms with Crippen LogP contribution >= 0.6 is 0 Å². The molecule has 0 aliphatic heterocycles. The van der Waals surface area contributed by atoms with Gasteiger partial charge in [-0.3, -0.25) is 5.10 Å². The third kappa shape index (κ3) is 3.47. The van der Waals surface area contributed by atoms with Gasteiger partial charge in [-0.05, 0) is 66.4 Å². The second kappa shape index (κ2) is 7.21. The molecule has 2 aromatic heterocycles. The van der Waals surface area contributed by atoms with E-state index in [0.717, 1.165) is 27.9 Å². The number of nitrogen functional groups attached to an aromatic ring is 1. The van der Waals surface area contributed by atoms with Gasteiger partial charge in [0.2, 0.25) is 6.35 Å². The lowest BCUT2D eigenvalue weighted by molar-refractivity contribution is 0.233. The standard InChI is InChI=1S/C21H22N6O/c1-12-3-6-16(11-13(12)2)25-21(28)24-15-7-4-14(5-8-15)17-9-10-23-20-18(17)19(22)26-27-20/h3-11,21,24-25,28H,1-2H3,(H3,22,23,26,27). The Labute approximate surface area is 162 Å². The lowest BCUT2D eigenvalue weighted by Gasteiger charge is -2.18. The largest absolute Gasteiger partial charge is 0.383 e. The molecule has 4 rings (SSSR count). The van der Waals surface area contributed by atoms with E-state index < -0.39 is 6.35 Å². The first-order chi connectivity index (χ1) is 13.5. The number of nitrogens with one attached hydrogen (secondary N) is 3. The fourth-order valence-corrected chi connectivity index (χ4v) is 3.14. The zero-order chi connectivity index (χ0) is 19.7. The van der Waals surface area contributed by atoms with Crippen LogP contribution in [0.2, 0.25) is 0 Å². The maximum atomic E-state index is 10.3. The normalized spacial score (nSPS) is 12.1. The Hall–Kier alpha value is -3.58. The van der Waals surface area contributed by atoms with Crippen LogP contribution in [-0.4, -0.2) is 26.6 Å². The van der Waals surface area contributed by atoms with E-state index in [1.807, 2.05) is 55.5 Å². The minimum Gasteiger partial charge on any atom is -0.383 e. The predicted molar refractivity (Wildman–Crippen MR) is 113 cm³/mol. The molecule has 2 heterocycles. The van der Waals surface area contributed by atoms with Gasteiger partial charge in [0.15, 0.2) is 5.65 Å². The van der Waals surface area contributed by atoms with Crippen LogP contribution in [-0.2, 0) is 0 Å². The van der Waals surface area contributed by atoms with Crippen molar-refractivity contribution in [1.29, 1.82) is 0 Å². The van der Waals surface area contributed by atoms with E-state index in [4.69, 9.17) is 5.73 Å². The number of anilines is 3. The minimum atomic E-state index is -0.912. The Balaban J connectivity index is 1.50. The molecule has 0 aliphatic rings. The summed E-state index contributed by atoms with van der Waals surface area (Å²) >= 11 is 0. The van der Waals surface area contributed by atoms with Gasteiger partial charge in [-0.1, -0.05) is 18.2 Å². The van der Waals surface area contributed by atoms with Crippen molar-refractivity contribution in [2.75, 3.05) is 16.4 Å². The van der Waals surface area contributed by atoms with Crippen molar-refractivity contribution >= 4 is 28.2 Å². The first-order valence-electron chi connectivity index (χ1n) is 8.98. The summed E-state index contributed by atoms with van der Waals surface area (Å²) in [5, 5.41) is 24.0. The maximum absolute atomic E-state index is 10.3. The molecule has 28 heavy (non-hydrogen) atoms. The molecular formula is C21H22N6O. The van der Waals surface area contributed by atoms with Crippen LogP contribution in [0.15, 0.2) is 54.7 Å². The number of nitrogens with zero attached hydrogens (tertiary/aromatic N) is 2. The van der Waals surface area contributed by atoms with Crippen molar-refractivity contribution in [3.05, 3.63) is 65.9 Å². The second-order valence-corrected chi connectivity index (χ2v) is 6.76. The van der Waals surface area contributed by atoms with Crippen LogP contribution in [0.1, 0.15) is 11.1 Å². The number of rotatable bonds is 5. The number of pyridine rings is 1. The van der Waals surface area contributed by atoms with Crippen molar-refractivity contribution in [3.63, 3.8) is 0 Å². The number of fused-ring (bicyclic) bond motifs is 1. The highest BCUT2D eigenvalue weighted by Crippen LogP contribution is 2.30. The minimum absolute atomic E-state index is 0.494. The molecule has 0 saturated carbocycles. The van der Waals surface area contributed by atoms with Gasteiger partial charge >= 0.3 is 0 Å². The molecule has 4 aromatic rings. The fourth-order valence-electron chi connectivity index (χ4n) is 3.14. The molecular weight excluding hydrogens is 352 g/mol. The van der Waals surface area contributed by atoms with Crippen LogP contribution in [0, 0.1) is 13.8 Å². The quantitative estimate of drug-likeness (QED) is 0.341. The molecule has 0 aliphatic carbocycles. The number of aliphatic hydroxyl groups excluding tert-OH is 1. The van der Waals surface area contributed by atoms with Crippen molar-refractivity contribution in [3.8, 4) is 11.1 Å². The van der Waals surface area contributed by atoms with Gasteiger partial charge in [0.25, 0.3) is 0 Å². The van der Waals surface area contributed by atoms with E-state index in [9.17, 15) is 5.11 Å². The van der Waals surface area contributed by atoms with Crippen LogP contribution < -0.4 is 16.4 Å². The molecule has 0 spiro atoms. The number of aromatic amines is 1. The summed E-state index contributed by atoms with van der Waals surface area (Å²) in [5.74, 6) is 0.494. The highest BCUT2D eigenvalue weighted by atomic mass is 16.3. The van der Waals surface area contributed by atoms with E-state index in [2.05, 4.69) is 32.7 Å². The fraction of sp³-hybridized carbons (Fsp3) is 0.143. The van der Waals surface area contributed by atoms with Gasteiger partial charge in [0.1, 0.15) is 5.82 Å². The molecule has 142 valence electrons. The van der Waals surface area contributed by atoms with Crippen LogP contribution in [0.25, 0.3) is 22.2 Å². The highest BCUT2D eigenvalue weighted by Gasteiger charge is 2.11. The van der Waals surface area contributed by atoms with E-state index >= 15 is 0 Å². The van der Waals surface area contributed by atoms with Crippen LogP contribution in [0.4, 0.5) is 17.2 Å². The van der Waals surface area contributed by atoms with Gasteiger partial charge in [-0.15, -0.1) is 0 Å². The average Bonchev–Trinajstić information content (AvgIpc) is 3.07. The number of aromatic nitrogens is 3. The second-order valence-electron chi connectivity index (χ2n) is 6.76. The van der Waals surface area contributed by atoms with Gasteiger partial charge in [0, 0.05) is 17.6 Å². The van der Waals surface area contributed by atoms with Crippen molar-refractivity contribution < 1.29 is 5.11 Å². The monoisotopic (exact) mass is 374 g/mol. The van der Waals surface area contributed by atoms with E-state index in [-0.39, 0.29) is 0 Å². The molecule has 0 amide bonds. The number of hydrogen-bond acceptors (Lipinski definition) is 6. The van der Waals surface area contributed by atoms with Gasteiger partial charge in [-0.25, -0.2) is 4.98 Å². The topological polar surface area (TPSA) is 112 Å². The summed E-state index contributed by atoms with van der Waals surface area (Å²) in [7, 11) is 0. The third-order valence-electron chi connectivity index (χ3n) is 4.79. The summed E-state index contributed by atoms with van der Waals surface area (Å²) in [5.41, 5.74) is 12.6. The number of nitrogens with two attached hydrogens (primary N) is 1. The summed E-state index contributed by atoms with van der Waals surface area (Å²) < 4.78 is 0. The number of aryl methyl sites for hydroxylation is 2. The molecule has 0 saturated heterocycles. The Morgan fingerprint density at radius 1 is 0.964 bits per heavy atom. The Morgan fingerprint density at radius 3 is 2.43 bits per heavy atom. The van der Waals surface area contributed by atoms with Crippen molar-refractivity contribution in [2.45, 2.75) is 20.2 Å². The lowest BCUT2D eigenvalue weighted by atomic mass is 10.0. The average molecular weight is 374 g/mol. The molecule has 7 heteroatoms. The highest BCUT2D eigenvalue weighted by molar-refractivity contribution is 5.99. The SMILES string of the molecule is Cc1ccc(NC(O)Nc2ccc(-c3ccnc4n[nH]c(N)c34)cc2)cc1C. The Kier molecular flexibility index (Phi) is 4.58. The molecule has 6 N–H and O–H groups in total. The van der Waals surface area contributed by atoms with Crippen molar-refractivity contribution in [1.82, 2.24) is 15.2 Å². The van der Waals surface area contributed by atoms with Gasteiger partial charge < -0.3 is 21.5 Å². The first kappa shape index (κ1) is 17.8. The molecule has 2 aromatic carbocycles. The smallest absolute Gasteiger partial charge is 0.202 e.